The molecule has 24 heavy (non-hydrogen) atoms. The molecule has 1 aliphatic heterocycles. The summed E-state index contributed by atoms with van der Waals surface area (Å²) in [4.78, 5) is 9.11. The molecule has 0 amide bonds. The van der Waals surface area contributed by atoms with E-state index in [9.17, 15) is 0 Å². The first-order chi connectivity index (χ1) is 11.8. The first-order valence-corrected chi connectivity index (χ1v) is 7.45. The van der Waals surface area contributed by atoms with Gasteiger partial charge >= 0.3 is 0 Å². The molecule has 0 aromatic heterocycles. The van der Waals surface area contributed by atoms with Gasteiger partial charge in [0, 0.05) is 5.69 Å². The van der Waals surface area contributed by atoms with Crippen molar-refractivity contribution in [2.24, 2.45) is 0 Å². The number of nitrogens with one attached hydrogen (secondary N) is 1. The summed E-state index contributed by atoms with van der Waals surface area (Å²) in [6.45, 7) is 14.6. The topological polar surface area (TPSA) is 24.0 Å². The Kier molecular flexibility index (Phi) is 3.16. The van der Waals surface area contributed by atoms with Crippen LogP contribution >= 0.6 is 0 Å². The van der Waals surface area contributed by atoms with E-state index in [1.807, 2.05) is 60.7 Å². The summed E-state index contributed by atoms with van der Waals surface area (Å²) in [5.41, 5.74) is 5.72. The normalized spacial score (nSPS) is 11.5. The first-order valence-electron chi connectivity index (χ1n) is 7.45. The Morgan fingerprint density at radius 3 is 1.71 bits per heavy atom. The SMILES string of the molecule is [C-]#[N+]c1cc([N+]#[C-])cc(N2c3ccccc3Nc3ccccc32)c1. The Morgan fingerprint density at radius 2 is 1.21 bits per heavy atom. The molecule has 1 N–H and O–H groups in total. The summed E-state index contributed by atoms with van der Waals surface area (Å²) in [5.74, 6) is 0. The standard InChI is InChI=1S/C20H12N4/c1-21-14-11-15(22-2)13-16(12-14)24-19-9-5-3-7-17(19)23-18-8-4-6-10-20(18)24/h3-13,23H. The van der Waals surface area contributed by atoms with Gasteiger partial charge in [-0.15, -0.1) is 0 Å². The van der Waals surface area contributed by atoms with E-state index in [-0.39, 0.29) is 0 Å². The molecule has 1 heterocycles. The lowest BCUT2D eigenvalue weighted by Crippen LogP contribution is -2.17. The molecule has 0 atom stereocenters. The van der Waals surface area contributed by atoms with E-state index in [0.29, 0.717) is 11.4 Å². The summed E-state index contributed by atoms with van der Waals surface area (Å²) >= 11 is 0. The molecule has 0 fully saturated rings. The second-order valence-electron chi connectivity index (χ2n) is 5.43. The van der Waals surface area contributed by atoms with Crippen LogP contribution in [-0.2, 0) is 0 Å². The van der Waals surface area contributed by atoms with E-state index in [0.717, 1.165) is 28.4 Å². The van der Waals surface area contributed by atoms with Crippen molar-refractivity contribution in [1.82, 2.24) is 0 Å². The fourth-order valence-electron chi connectivity index (χ4n) is 2.94. The number of para-hydroxylation sites is 4. The van der Waals surface area contributed by atoms with Crippen molar-refractivity contribution in [2.45, 2.75) is 0 Å². The Labute approximate surface area is 140 Å². The summed E-state index contributed by atoms with van der Waals surface area (Å²) in [5, 5.41) is 3.43. The number of nitrogens with zero attached hydrogens (tertiary/aromatic N) is 3. The minimum absolute atomic E-state index is 0.465. The van der Waals surface area contributed by atoms with Crippen LogP contribution in [0.1, 0.15) is 0 Å². The average Bonchev–Trinajstić information content (AvgIpc) is 2.65. The average molecular weight is 308 g/mol. The lowest BCUT2D eigenvalue weighted by atomic mass is 10.1. The zero-order valence-electron chi connectivity index (χ0n) is 12.7. The minimum Gasteiger partial charge on any atom is -0.352 e. The van der Waals surface area contributed by atoms with Crippen molar-refractivity contribution in [2.75, 3.05) is 10.2 Å². The Bertz CT molecular complexity index is 947. The zero-order valence-corrected chi connectivity index (χ0v) is 12.7. The molecule has 0 bridgehead atoms. The van der Waals surface area contributed by atoms with E-state index in [4.69, 9.17) is 13.1 Å². The minimum atomic E-state index is 0.465. The van der Waals surface area contributed by atoms with Crippen LogP contribution in [-0.4, -0.2) is 0 Å². The first kappa shape index (κ1) is 13.9. The van der Waals surface area contributed by atoms with Crippen molar-refractivity contribution in [3.63, 3.8) is 0 Å². The van der Waals surface area contributed by atoms with Crippen LogP contribution < -0.4 is 10.2 Å². The van der Waals surface area contributed by atoms with Gasteiger partial charge in [-0.05, 0) is 36.4 Å². The van der Waals surface area contributed by atoms with E-state index in [1.165, 1.54) is 0 Å². The number of anilines is 5. The van der Waals surface area contributed by atoms with E-state index >= 15 is 0 Å². The highest BCUT2D eigenvalue weighted by molar-refractivity contribution is 5.97. The molecular formula is C20H12N4. The Balaban J connectivity index is 1.99. The summed E-state index contributed by atoms with van der Waals surface area (Å²) in [6.07, 6.45) is 0. The molecule has 4 nitrogen and oxygen atoms in total. The van der Waals surface area contributed by atoms with Crippen molar-refractivity contribution < 1.29 is 0 Å². The molecule has 0 aliphatic carbocycles. The summed E-state index contributed by atoms with van der Waals surface area (Å²) in [6, 6.07) is 21.3. The van der Waals surface area contributed by atoms with Gasteiger partial charge in [0.1, 0.15) is 0 Å². The van der Waals surface area contributed by atoms with Gasteiger partial charge in [0.15, 0.2) is 11.4 Å². The highest BCUT2D eigenvalue weighted by atomic mass is 15.2. The maximum atomic E-state index is 7.31. The van der Waals surface area contributed by atoms with Gasteiger partial charge in [-0.3, -0.25) is 0 Å². The molecule has 0 saturated carbocycles. The molecule has 1 aliphatic rings. The molecule has 0 saturated heterocycles. The molecule has 3 aromatic carbocycles. The van der Waals surface area contributed by atoms with Gasteiger partial charge in [0.2, 0.25) is 0 Å². The maximum absolute atomic E-state index is 7.31. The summed E-state index contributed by atoms with van der Waals surface area (Å²) in [7, 11) is 0. The molecule has 4 heteroatoms. The van der Waals surface area contributed by atoms with Crippen LogP contribution in [0.4, 0.5) is 39.8 Å². The van der Waals surface area contributed by atoms with E-state index in [2.05, 4.69) is 19.9 Å². The third kappa shape index (κ3) is 2.15. The number of hydrogen-bond donors (Lipinski definition) is 1. The van der Waals surface area contributed by atoms with Crippen molar-refractivity contribution in [1.29, 1.82) is 0 Å². The molecule has 112 valence electrons. The molecule has 0 spiro atoms. The van der Waals surface area contributed by atoms with E-state index < -0.39 is 0 Å². The Morgan fingerprint density at radius 1 is 0.708 bits per heavy atom. The molecule has 0 radical (unpaired) electrons. The van der Waals surface area contributed by atoms with Crippen molar-refractivity contribution in [3.05, 3.63) is 89.6 Å². The lowest BCUT2D eigenvalue weighted by Gasteiger charge is -2.34. The summed E-state index contributed by atoms with van der Waals surface area (Å²) < 4.78 is 0. The number of benzene rings is 3. The van der Waals surface area contributed by atoms with Crippen LogP contribution in [0.5, 0.6) is 0 Å². The van der Waals surface area contributed by atoms with Gasteiger partial charge in [-0.1, -0.05) is 30.3 Å². The highest BCUT2D eigenvalue weighted by Gasteiger charge is 2.23. The fraction of sp³-hybridized carbons (Fsp3) is 0. The number of rotatable bonds is 1. The zero-order chi connectivity index (χ0) is 16.5. The predicted octanol–water partition coefficient (Wildman–Crippen LogP) is 6.31. The number of hydrogen-bond acceptors (Lipinski definition) is 2. The fourth-order valence-corrected chi connectivity index (χ4v) is 2.94. The van der Waals surface area contributed by atoms with Gasteiger partial charge < -0.3 is 10.2 Å². The van der Waals surface area contributed by atoms with Crippen molar-refractivity contribution >= 4 is 39.8 Å². The largest absolute Gasteiger partial charge is 0.352 e. The highest BCUT2D eigenvalue weighted by Crippen LogP contribution is 2.48. The quantitative estimate of drug-likeness (QED) is 0.416. The molecule has 3 aromatic rings. The van der Waals surface area contributed by atoms with Crippen LogP contribution in [0, 0.1) is 13.1 Å². The van der Waals surface area contributed by atoms with Crippen molar-refractivity contribution in [3.8, 4) is 0 Å². The second-order valence-corrected chi connectivity index (χ2v) is 5.43. The van der Waals surface area contributed by atoms with Gasteiger partial charge in [0.25, 0.3) is 0 Å². The van der Waals surface area contributed by atoms with E-state index in [1.54, 1.807) is 6.07 Å². The maximum Gasteiger partial charge on any atom is 0.179 e. The number of fused-ring (bicyclic) bond motifs is 2. The molecular weight excluding hydrogens is 296 g/mol. The third-order valence-electron chi connectivity index (χ3n) is 3.96. The third-order valence-corrected chi connectivity index (χ3v) is 3.96. The molecule has 4 rings (SSSR count). The van der Waals surface area contributed by atoms with Gasteiger partial charge in [-0.25, -0.2) is 9.69 Å². The Hall–Kier alpha value is -3.76. The second kappa shape index (κ2) is 5.46. The lowest BCUT2D eigenvalue weighted by molar-refractivity contribution is 1.25. The molecule has 0 unspecified atom stereocenters. The predicted molar refractivity (Wildman–Crippen MR) is 96.9 cm³/mol. The van der Waals surface area contributed by atoms with Crippen LogP contribution in [0.2, 0.25) is 0 Å². The van der Waals surface area contributed by atoms with Crippen LogP contribution in [0.15, 0.2) is 66.7 Å². The van der Waals surface area contributed by atoms with Crippen LogP contribution in [0.25, 0.3) is 9.69 Å². The smallest absolute Gasteiger partial charge is 0.179 e. The van der Waals surface area contributed by atoms with Gasteiger partial charge in [0.05, 0.1) is 35.9 Å². The van der Waals surface area contributed by atoms with Crippen LogP contribution in [0.3, 0.4) is 0 Å². The van der Waals surface area contributed by atoms with Gasteiger partial charge in [-0.2, -0.15) is 0 Å². The monoisotopic (exact) mass is 308 g/mol.